The van der Waals surface area contributed by atoms with Crippen molar-refractivity contribution in [2.24, 2.45) is 16.6 Å². The lowest BCUT2D eigenvalue weighted by atomic mass is 9.92. The number of likely N-dealkylation sites (tertiary alicyclic amines) is 1. The van der Waals surface area contributed by atoms with Crippen LogP contribution in [0.4, 0.5) is 5.69 Å². The summed E-state index contributed by atoms with van der Waals surface area (Å²) in [4.78, 5) is 6.50. The van der Waals surface area contributed by atoms with Gasteiger partial charge in [-0.1, -0.05) is 18.2 Å². The Bertz CT molecular complexity index is 395. The van der Waals surface area contributed by atoms with Crippen LogP contribution in [-0.2, 0) is 0 Å². The lowest BCUT2D eigenvalue weighted by Gasteiger charge is -2.33. The van der Waals surface area contributed by atoms with E-state index in [2.05, 4.69) is 9.89 Å². The van der Waals surface area contributed by atoms with Gasteiger partial charge in [0, 0.05) is 13.1 Å². The van der Waals surface area contributed by atoms with Gasteiger partial charge in [-0.2, -0.15) is 0 Å². The molecule has 0 radical (unpaired) electrons. The highest BCUT2D eigenvalue weighted by Gasteiger charge is 2.23. The number of para-hydroxylation sites is 1. The normalized spacial score (nSPS) is 19.9. The summed E-state index contributed by atoms with van der Waals surface area (Å²) in [5.41, 5.74) is 6.90. The molecule has 98 valence electrons. The van der Waals surface area contributed by atoms with E-state index in [9.17, 15) is 5.11 Å². The number of benzene rings is 1. The third-order valence-electron chi connectivity index (χ3n) is 3.55. The van der Waals surface area contributed by atoms with Gasteiger partial charge < -0.3 is 15.7 Å². The number of piperidine rings is 1. The topological polar surface area (TPSA) is 61.8 Å². The Morgan fingerprint density at radius 3 is 2.50 bits per heavy atom. The van der Waals surface area contributed by atoms with Gasteiger partial charge in [-0.3, -0.25) is 0 Å². The van der Waals surface area contributed by atoms with Crippen molar-refractivity contribution < 1.29 is 5.11 Å². The highest BCUT2D eigenvalue weighted by Crippen LogP contribution is 2.21. The fourth-order valence-electron chi connectivity index (χ4n) is 2.32. The van der Waals surface area contributed by atoms with E-state index in [0.29, 0.717) is 11.9 Å². The molecule has 1 aliphatic rings. The number of guanidine groups is 1. The van der Waals surface area contributed by atoms with Crippen LogP contribution in [0.15, 0.2) is 35.3 Å². The van der Waals surface area contributed by atoms with Crippen molar-refractivity contribution in [1.82, 2.24) is 4.90 Å². The summed E-state index contributed by atoms with van der Waals surface area (Å²) in [6.45, 7) is 3.61. The quantitative estimate of drug-likeness (QED) is 0.618. The van der Waals surface area contributed by atoms with Crippen molar-refractivity contribution in [3.8, 4) is 0 Å². The Morgan fingerprint density at radius 1 is 1.33 bits per heavy atom. The molecule has 1 aromatic carbocycles. The number of nitrogens with zero attached hydrogens (tertiary/aromatic N) is 2. The van der Waals surface area contributed by atoms with E-state index in [1.165, 1.54) is 0 Å². The highest BCUT2D eigenvalue weighted by atomic mass is 16.3. The number of rotatable bonds is 2. The first kappa shape index (κ1) is 12.9. The molecule has 1 saturated heterocycles. The average Bonchev–Trinajstić information content (AvgIpc) is 2.40. The van der Waals surface area contributed by atoms with Gasteiger partial charge in [-0.15, -0.1) is 0 Å². The lowest BCUT2D eigenvalue weighted by Crippen LogP contribution is -2.44. The minimum atomic E-state index is -0.223. The predicted octanol–water partition coefficient (Wildman–Crippen LogP) is 1.73. The molecule has 3 N–H and O–H groups in total. The summed E-state index contributed by atoms with van der Waals surface area (Å²) < 4.78 is 0. The van der Waals surface area contributed by atoms with E-state index in [1.54, 1.807) is 0 Å². The second-order valence-electron chi connectivity index (χ2n) is 4.87. The van der Waals surface area contributed by atoms with Crippen LogP contribution in [0.3, 0.4) is 0 Å². The molecule has 1 heterocycles. The zero-order valence-corrected chi connectivity index (χ0v) is 10.8. The van der Waals surface area contributed by atoms with Crippen molar-refractivity contribution >= 4 is 11.6 Å². The summed E-state index contributed by atoms with van der Waals surface area (Å²) in [7, 11) is 0. The average molecular weight is 247 g/mol. The fourth-order valence-corrected chi connectivity index (χ4v) is 2.32. The number of aliphatic hydroxyl groups is 1. The van der Waals surface area contributed by atoms with Crippen LogP contribution in [-0.4, -0.2) is 35.2 Å². The minimum absolute atomic E-state index is 0.223. The molecule has 2 rings (SSSR count). The van der Waals surface area contributed by atoms with Crippen molar-refractivity contribution in [2.45, 2.75) is 25.9 Å². The second-order valence-corrected chi connectivity index (χ2v) is 4.87. The maximum absolute atomic E-state index is 9.56. The van der Waals surface area contributed by atoms with Crippen molar-refractivity contribution in [3.05, 3.63) is 30.3 Å². The fraction of sp³-hybridized carbons (Fsp3) is 0.500. The van der Waals surface area contributed by atoms with Gasteiger partial charge in [-0.25, -0.2) is 4.99 Å². The van der Waals surface area contributed by atoms with Crippen LogP contribution in [0.1, 0.15) is 19.8 Å². The van der Waals surface area contributed by atoms with Crippen molar-refractivity contribution in [2.75, 3.05) is 13.1 Å². The summed E-state index contributed by atoms with van der Waals surface area (Å²) in [6, 6.07) is 9.74. The molecule has 1 atom stereocenters. The van der Waals surface area contributed by atoms with E-state index in [-0.39, 0.29) is 6.10 Å². The van der Waals surface area contributed by atoms with Crippen LogP contribution < -0.4 is 5.73 Å². The Kier molecular flexibility index (Phi) is 4.20. The largest absolute Gasteiger partial charge is 0.393 e. The van der Waals surface area contributed by atoms with Crippen molar-refractivity contribution in [1.29, 1.82) is 0 Å². The molecule has 0 spiro atoms. The maximum Gasteiger partial charge on any atom is 0.196 e. The number of hydrogen-bond donors (Lipinski definition) is 2. The first-order valence-electron chi connectivity index (χ1n) is 6.49. The van der Waals surface area contributed by atoms with E-state index in [1.807, 2.05) is 37.3 Å². The smallest absolute Gasteiger partial charge is 0.196 e. The molecule has 4 nitrogen and oxygen atoms in total. The molecule has 4 heteroatoms. The molecule has 1 aromatic rings. The lowest BCUT2D eigenvalue weighted by molar-refractivity contribution is 0.0887. The monoisotopic (exact) mass is 247 g/mol. The summed E-state index contributed by atoms with van der Waals surface area (Å²) >= 11 is 0. The molecule has 0 aromatic heterocycles. The molecule has 0 amide bonds. The van der Waals surface area contributed by atoms with Gasteiger partial charge in [-0.05, 0) is 37.8 Å². The third kappa shape index (κ3) is 3.23. The van der Waals surface area contributed by atoms with Crippen LogP contribution in [0, 0.1) is 5.92 Å². The SMILES string of the molecule is CC(O)C1CCN(C(N)=Nc2ccccc2)CC1. The predicted molar refractivity (Wildman–Crippen MR) is 73.7 cm³/mol. The Morgan fingerprint density at radius 2 is 1.94 bits per heavy atom. The molecule has 18 heavy (non-hydrogen) atoms. The van der Waals surface area contributed by atoms with Crippen LogP contribution in [0.5, 0.6) is 0 Å². The molecule has 1 unspecified atom stereocenters. The van der Waals surface area contributed by atoms with Gasteiger partial charge in [0.1, 0.15) is 0 Å². The van der Waals surface area contributed by atoms with Crippen molar-refractivity contribution in [3.63, 3.8) is 0 Å². The molecule has 0 bridgehead atoms. The number of aliphatic imine (C=N–C) groups is 1. The van der Waals surface area contributed by atoms with Crippen LogP contribution >= 0.6 is 0 Å². The number of hydrogen-bond acceptors (Lipinski definition) is 2. The molecule has 1 fully saturated rings. The Balaban J connectivity index is 1.95. The second kappa shape index (κ2) is 5.87. The van der Waals surface area contributed by atoms with E-state index in [0.717, 1.165) is 31.6 Å². The first-order chi connectivity index (χ1) is 8.66. The Hall–Kier alpha value is -1.55. The summed E-state index contributed by atoms with van der Waals surface area (Å²) in [5, 5.41) is 9.56. The number of nitrogens with two attached hydrogens (primary N) is 1. The summed E-state index contributed by atoms with van der Waals surface area (Å²) in [5.74, 6) is 0.969. The van der Waals surface area contributed by atoms with E-state index < -0.39 is 0 Å². The van der Waals surface area contributed by atoms with Crippen LogP contribution in [0.2, 0.25) is 0 Å². The third-order valence-corrected chi connectivity index (χ3v) is 3.55. The number of aliphatic hydroxyl groups excluding tert-OH is 1. The molecule has 0 aliphatic carbocycles. The Labute approximate surface area is 108 Å². The van der Waals surface area contributed by atoms with Crippen LogP contribution in [0.25, 0.3) is 0 Å². The zero-order valence-electron chi connectivity index (χ0n) is 10.8. The molecular formula is C14H21N3O. The van der Waals surface area contributed by atoms with E-state index in [4.69, 9.17) is 5.73 Å². The molecule has 1 aliphatic heterocycles. The van der Waals surface area contributed by atoms with Gasteiger partial charge >= 0.3 is 0 Å². The molecular weight excluding hydrogens is 226 g/mol. The van der Waals surface area contributed by atoms with Gasteiger partial charge in [0.15, 0.2) is 5.96 Å². The maximum atomic E-state index is 9.56. The minimum Gasteiger partial charge on any atom is -0.393 e. The van der Waals surface area contributed by atoms with Gasteiger partial charge in [0.25, 0.3) is 0 Å². The first-order valence-corrected chi connectivity index (χ1v) is 6.49. The standard InChI is InChI=1S/C14H21N3O/c1-11(18)12-7-9-17(10-8-12)14(15)16-13-5-3-2-4-6-13/h2-6,11-12,18H,7-10H2,1H3,(H2,15,16). The van der Waals surface area contributed by atoms with Gasteiger partial charge in [0.05, 0.1) is 11.8 Å². The zero-order chi connectivity index (χ0) is 13.0. The summed E-state index contributed by atoms with van der Waals surface area (Å²) in [6.07, 6.45) is 1.73. The molecule has 0 saturated carbocycles. The van der Waals surface area contributed by atoms with E-state index >= 15 is 0 Å². The highest BCUT2D eigenvalue weighted by molar-refractivity contribution is 5.81. The van der Waals surface area contributed by atoms with Gasteiger partial charge in [0.2, 0.25) is 0 Å².